The highest BCUT2D eigenvalue weighted by molar-refractivity contribution is 4.99. The van der Waals surface area contributed by atoms with E-state index in [0.29, 0.717) is 6.42 Å². The van der Waals surface area contributed by atoms with Crippen molar-refractivity contribution in [3.8, 4) is 0 Å². The second-order valence-electron chi connectivity index (χ2n) is 5.16. The van der Waals surface area contributed by atoms with Gasteiger partial charge in [0.1, 0.15) is 0 Å². The Bertz CT molecular complexity index is 203. The minimum atomic E-state index is -0.388. The van der Waals surface area contributed by atoms with E-state index in [1.165, 1.54) is 0 Å². The molecule has 3 nitrogen and oxygen atoms in total. The molecule has 0 radical (unpaired) electrons. The Kier molecular flexibility index (Phi) is 3.24. The molecule has 3 heteroatoms. The first-order valence-corrected chi connectivity index (χ1v) is 5.37. The predicted octanol–water partition coefficient (Wildman–Crippen LogP) is 0.847. The van der Waals surface area contributed by atoms with Crippen LogP contribution in [0.3, 0.4) is 0 Å². The Hall–Kier alpha value is -0.120. The summed E-state index contributed by atoms with van der Waals surface area (Å²) in [6.45, 7) is 8.10. The third kappa shape index (κ3) is 1.81. The van der Waals surface area contributed by atoms with Crippen molar-refractivity contribution in [3.63, 3.8) is 0 Å². The second kappa shape index (κ2) is 3.80. The van der Waals surface area contributed by atoms with Gasteiger partial charge in [-0.2, -0.15) is 0 Å². The zero-order valence-corrected chi connectivity index (χ0v) is 9.86. The zero-order valence-electron chi connectivity index (χ0n) is 9.86. The second-order valence-corrected chi connectivity index (χ2v) is 5.16. The monoisotopic (exact) mass is 201 g/mol. The molecular formula is C11H23NO2. The van der Waals surface area contributed by atoms with Crippen LogP contribution in [0, 0.1) is 5.92 Å². The fourth-order valence-corrected chi connectivity index (χ4v) is 2.35. The van der Waals surface area contributed by atoms with Crippen molar-refractivity contribution in [3.05, 3.63) is 0 Å². The summed E-state index contributed by atoms with van der Waals surface area (Å²) < 4.78 is 0. The van der Waals surface area contributed by atoms with Crippen LogP contribution in [0.1, 0.15) is 34.1 Å². The molecule has 1 aliphatic heterocycles. The van der Waals surface area contributed by atoms with Crippen LogP contribution in [0.25, 0.3) is 0 Å². The number of piperidine rings is 1. The van der Waals surface area contributed by atoms with Gasteiger partial charge >= 0.3 is 0 Å². The molecule has 14 heavy (non-hydrogen) atoms. The van der Waals surface area contributed by atoms with Gasteiger partial charge in [0.05, 0.1) is 12.2 Å². The number of nitrogens with zero attached hydrogens (tertiary/aromatic N) is 1. The maximum atomic E-state index is 9.91. The first-order chi connectivity index (χ1) is 6.28. The summed E-state index contributed by atoms with van der Waals surface area (Å²) in [5.74, 6) is 0.238. The van der Waals surface area contributed by atoms with Crippen LogP contribution in [-0.4, -0.2) is 45.9 Å². The smallest absolute Gasteiger partial charge is 0.0668 e. The van der Waals surface area contributed by atoms with Gasteiger partial charge in [-0.1, -0.05) is 6.92 Å². The average molecular weight is 201 g/mol. The summed E-state index contributed by atoms with van der Waals surface area (Å²) in [7, 11) is 2.03. The van der Waals surface area contributed by atoms with E-state index in [2.05, 4.69) is 25.7 Å². The van der Waals surface area contributed by atoms with Gasteiger partial charge in [0.25, 0.3) is 0 Å². The van der Waals surface area contributed by atoms with Crippen LogP contribution in [0.15, 0.2) is 0 Å². The van der Waals surface area contributed by atoms with Crippen molar-refractivity contribution in [2.45, 2.75) is 57.9 Å². The highest BCUT2D eigenvalue weighted by atomic mass is 16.3. The molecule has 0 aliphatic carbocycles. The molecule has 4 unspecified atom stereocenters. The summed E-state index contributed by atoms with van der Waals surface area (Å²) in [5.41, 5.74) is -0.0562. The van der Waals surface area contributed by atoms with Crippen molar-refractivity contribution in [2.75, 3.05) is 7.05 Å². The highest BCUT2D eigenvalue weighted by Gasteiger charge is 2.44. The summed E-state index contributed by atoms with van der Waals surface area (Å²) in [4.78, 5) is 2.19. The van der Waals surface area contributed by atoms with Crippen LogP contribution in [0.4, 0.5) is 0 Å². The van der Waals surface area contributed by atoms with Crippen molar-refractivity contribution in [1.29, 1.82) is 0 Å². The quantitative estimate of drug-likeness (QED) is 0.661. The van der Waals surface area contributed by atoms with Gasteiger partial charge in [0.15, 0.2) is 0 Å². The number of hydrogen-bond donors (Lipinski definition) is 2. The highest BCUT2D eigenvalue weighted by Crippen LogP contribution is 2.36. The van der Waals surface area contributed by atoms with Crippen LogP contribution in [0.5, 0.6) is 0 Å². The SMILES string of the molecule is CC(O)C1CC(O)C(C)C(C)(C)N1C. The standard InChI is InChI=1S/C11H23NO2/c1-7-10(14)6-9(8(2)13)12(5)11(7,3)4/h7-10,13-14H,6H2,1-5H3. The lowest BCUT2D eigenvalue weighted by atomic mass is 9.75. The molecule has 0 aromatic rings. The summed E-state index contributed by atoms with van der Waals surface area (Å²) in [5, 5.41) is 19.5. The minimum Gasteiger partial charge on any atom is -0.393 e. The van der Waals surface area contributed by atoms with Gasteiger partial charge in [-0.05, 0) is 40.2 Å². The van der Waals surface area contributed by atoms with Crippen molar-refractivity contribution in [2.24, 2.45) is 5.92 Å². The molecule has 1 fully saturated rings. The van der Waals surface area contributed by atoms with Crippen LogP contribution in [-0.2, 0) is 0 Å². The number of likely N-dealkylation sites (N-methyl/N-ethyl adjacent to an activating group) is 1. The lowest BCUT2D eigenvalue weighted by molar-refractivity contribution is -0.101. The summed E-state index contributed by atoms with van der Waals surface area (Å²) in [6, 6.07) is 0.0659. The van der Waals surface area contributed by atoms with Gasteiger partial charge in [-0.3, -0.25) is 4.90 Å². The largest absolute Gasteiger partial charge is 0.393 e. The van der Waals surface area contributed by atoms with E-state index in [1.54, 1.807) is 6.92 Å². The molecule has 0 bridgehead atoms. The van der Waals surface area contributed by atoms with E-state index in [9.17, 15) is 10.2 Å². The number of aliphatic hydroxyl groups is 2. The van der Waals surface area contributed by atoms with Crippen molar-refractivity contribution >= 4 is 0 Å². The maximum Gasteiger partial charge on any atom is 0.0668 e. The first-order valence-electron chi connectivity index (χ1n) is 5.37. The van der Waals surface area contributed by atoms with Gasteiger partial charge in [0.2, 0.25) is 0 Å². The number of hydrogen-bond acceptors (Lipinski definition) is 3. The van der Waals surface area contributed by atoms with Crippen LogP contribution < -0.4 is 0 Å². The van der Waals surface area contributed by atoms with Crippen LogP contribution in [0.2, 0.25) is 0 Å². The lowest BCUT2D eigenvalue weighted by Crippen LogP contribution is -2.62. The van der Waals surface area contributed by atoms with Gasteiger partial charge in [-0.15, -0.1) is 0 Å². The molecular weight excluding hydrogens is 178 g/mol. The molecule has 84 valence electrons. The van der Waals surface area contributed by atoms with E-state index in [4.69, 9.17) is 0 Å². The third-order valence-electron chi connectivity index (χ3n) is 4.14. The van der Waals surface area contributed by atoms with E-state index < -0.39 is 0 Å². The zero-order chi connectivity index (χ0) is 11.1. The maximum absolute atomic E-state index is 9.91. The van der Waals surface area contributed by atoms with E-state index >= 15 is 0 Å². The fourth-order valence-electron chi connectivity index (χ4n) is 2.35. The molecule has 0 spiro atoms. The molecule has 1 saturated heterocycles. The van der Waals surface area contributed by atoms with Crippen LogP contribution >= 0.6 is 0 Å². The molecule has 2 N–H and O–H groups in total. The Morgan fingerprint density at radius 3 is 2.36 bits per heavy atom. The lowest BCUT2D eigenvalue weighted by Gasteiger charge is -2.52. The number of rotatable bonds is 1. The number of aliphatic hydroxyl groups excluding tert-OH is 2. The topological polar surface area (TPSA) is 43.7 Å². The molecule has 1 heterocycles. The van der Waals surface area contributed by atoms with Gasteiger partial charge < -0.3 is 10.2 Å². The van der Waals surface area contributed by atoms with E-state index in [-0.39, 0.29) is 29.7 Å². The Morgan fingerprint density at radius 2 is 1.93 bits per heavy atom. The molecule has 0 aromatic heterocycles. The summed E-state index contributed by atoms with van der Waals surface area (Å²) in [6.07, 6.45) is -0.0269. The third-order valence-corrected chi connectivity index (χ3v) is 4.14. The first kappa shape index (κ1) is 12.0. The minimum absolute atomic E-state index is 0.0562. The molecule has 1 aliphatic rings. The van der Waals surface area contributed by atoms with Gasteiger partial charge in [0, 0.05) is 11.6 Å². The Morgan fingerprint density at radius 1 is 1.43 bits per heavy atom. The molecule has 4 atom stereocenters. The molecule has 0 aromatic carbocycles. The summed E-state index contributed by atoms with van der Waals surface area (Å²) >= 11 is 0. The predicted molar refractivity (Wildman–Crippen MR) is 57.1 cm³/mol. The van der Waals surface area contributed by atoms with Crippen molar-refractivity contribution in [1.82, 2.24) is 4.90 Å². The number of likely N-dealkylation sites (tertiary alicyclic amines) is 1. The molecule has 1 rings (SSSR count). The van der Waals surface area contributed by atoms with E-state index in [0.717, 1.165) is 0 Å². The average Bonchev–Trinajstić information content (AvgIpc) is 2.08. The Balaban J connectivity index is 2.87. The normalized spacial score (nSPS) is 40.9. The van der Waals surface area contributed by atoms with Crippen molar-refractivity contribution < 1.29 is 10.2 Å². The fraction of sp³-hybridized carbons (Fsp3) is 1.00. The molecule has 0 saturated carbocycles. The Labute approximate surface area is 86.7 Å². The van der Waals surface area contributed by atoms with Gasteiger partial charge in [-0.25, -0.2) is 0 Å². The molecule has 0 amide bonds. The van der Waals surface area contributed by atoms with E-state index in [1.807, 2.05) is 7.05 Å².